The second-order valence-electron chi connectivity index (χ2n) is 16.1. The summed E-state index contributed by atoms with van der Waals surface area (Å²) in [5, 5.41) is 12.5. The van der Waals surface area contributed by atoms with Crippen LogP contribution in [0.15, 0.2) is 231 Å². The van der Waals surface area contributed by atoms with Gasteiger partial charge in [0.2, 0.25) is 0 Å². The van der Waals surface area contributed by atoms with E-state index in [1.54, 1.807) is 0 Å². The van der Waals surface area contributed by atoms with Crippen molar-refractivity contribution in [1.29, 1.82) is 0 Å². The quantitative estimate of drug-likeness (QED) is 0.124. The molecule has 0 N–H and O–H groups in total. The van der Waals surface area contributed by atoms with Crippen molar-refractivity contribution in [1.82, 2.24) is 9.97 Å². The zero-order chi connectivity index (χ0) is 41.0. The summed E-state index contributed by atoms with van der Waals surface area (Å²) in [6, 6.07) is 83.0. The first kappa shape index (κ1) is 35.7. The number of nitrogens with zero attached hydrogens (tertiary/aromatic N) is 2. The molecular formula is C60H38N2. The molecule has 288 valence electrons. The number of hydrogen-bond donors (Lipinski definition) is 0. The number of rotatable bonds is 6. The molecule has 12 rings (SSSR count). The molecular weight excluding hydrogens is 749 g/mol. The predicted molar refractivity (Wildman–Crippen MR) is 262 cm³/mol. The highest BCUT2D eigenvalue weighted by Crippen LogP contribution is 2.41. The Morgan fingerprint density at radius 3 is 1.58 bits per heavy atom. The summed E-state index contributed by atoms with van der Waals surface area (Å²) in [6.45, 7) is 0. The van der Waals surface area contributed by atoms with E-state index in [9.17, 15) is 0 Å². The lowest BCUT2D eigenvalue weighted by Gasteiger charge is -2.15. The van der Waals surface area contributed by atoms with Crippen LogP contribution < -0.4 is 0 Å². The number of benzene rings is 11. The van der Waals surface area contributed by atoms with Crippen LogP contribution in [0.25, 0.3) is 121 Å². The van der Waals surface area contributed by atoms with Gasteiger partial charge in [-0.05, 0) is 112 Å². The van der Waals surface area contributed by atoms with Gasteiger partial charge in [0.1, 0.15) is 0 Å². The lowest BCUT2D eigenvalue weighted by molar-refractivity contribution is 1.18. The summed E-state index contributed by atoms with van der Waals surface area (Å²) in [5.74, 6) is 0.702. The lowest BCUT2D eigenvalue weighted by atomic mass is 9.89. The van der Waals surface area contributed by atoms with Crippen LogP contribution >= 0.6 is 0 Å². The maximum Gasteiger partial charge on any atom is 0.160 e. The Balaban J connectivity index is 0.919. The third kappa shape index (κ3) is 6.20. The van der Waals surface area contributed by atoms with Gasteiger partial charge in [0.25, 0.3) is 0 Å². The molecule has 0 aliphatic heterocycles. The summed E-state index contributed by atoms with van der Waals surface area (Å²) < 4.78 is 0. The van der Waals surface area contributed by atoms with E-state index in [1.165, 1.54) is 76.1 Å². The fourth-order valence-corrected chi connectivity index (χ4v) is 9.40. The van der Waals surface area contributed by atoms with E-state index in [0.29, 0.717) is 5.82 Å². The molecule has 1 heterocycles. The topological polar surface area (TPSA) is 25.8 Å². The molecule has 1 aromatic heterocycles. The molecule has 0 fully saturated rings. The van der Waals surface area contributed by atoms with Crippen LogP contribution in [0.4, 0.5) is 0 Å². The Morgan fingerprint density at radius 1 is 0.226 bits per heavy atom. The molecule has 0 saturated heterocycles. The molecule has 2 heteroatoms. The van der Waals surface area contributed by atoms with Gasteiger partial charge in [0, 0.05) is 16.7 Å². The Morgan fingerprint density at radius 2 is 0.774 bits per heavy atom. The third-order valence-electron chi connectivity index (χ3n) is 12.5. The minimum Gasteiger partial charge on any atom is -0.228 e. The highest BCUT2D eigenvalue weighted by molar-refractivity contribution is 6.20. The Kier molecular flexibility index (Phi) is 8.53. The average Bonchev–Trinajstić information content (AvgIpc) is 3.35. The zero-order valence-corrected chi connectivity index (χ0v) is 33.8. The zero-order valence-electron chi connectivity index (χ0n) is 33.8. The normalized spacial score (nSPS) is 11.5. The van der Waals surface area contributed by atoms with E-state index in [-0.39, 0.29) is 0 Å². The van der Waals surface area contributed by atoms with Crippen molar-refractivity contribution < 1.29 is 0 Å². The summed E-state index contributed by atoms with van der Waals surface area (Å²) in [6.07, 6.45) is 0. The molecule has 0 saturated carbocycles. The van der Waals surface area contributed by atoms with Crippen LogP contribution in [0.5, 0.6) is 0 Å². The molecule has 62 heavy (non-hydrogen) atoms. The van der Waals surface area contributed by atoms with Gasteiger partial charge in [-0.2, -0.15) is 0 Å². The van der Waals surface area contributed by atoms with Gasteiger partial charge in [-0.15, -0.1) is 0 Å². The van der Waals surface area contributed by atoms with Crippen LogP contribution in [-0.2, 0) is 0 Å². The van der Waals surface area contributed by atoms with Gasteiger partial charge in [0.15, 0.2) is 5.82 Å². The van der Waals surface area contributed by atoms with Crippen LogP contribution in [0, 0.1) is 0 Å². The first-order valence-corrected chi connectivity index (χ1v) is 21.2. The lowest BCUT2D eigenvalue weighted by Crippen LogP contribution is -1.97. The van der Waals surface area contributed by atoms with E-state index >= 15 is 0 Å². The first-order valence-electron chi connectivity index (χ1n) is 21.2. The van der Waals surface area contributed by atoms with Gasteiger partial charge in [0.05, 0.1) is 11.4 Å². The van der Waals surface area contributed by atoms with E-state index in [1.807, 2.05) is 18.2 Å². The fraction of sp³-hybridized carbons (Fsp3) is 0. The monoisotopic (exact) mass is 786 g/mol. The van der Waals surface area contributed by atoms with Crippen molar-refractivity contribution in [3.05, 3.63) is 231 Å². The Bertz CT molecular complexity index is 3680. The summed E-state index contributed by atoms with van der Waals surface area (Å²) in [7, 11) is 0. The summed E-state index contributed by atoms with van der Waals surface area (Å²) >= 11 is 0. The van der Waals surface area contributed by atoms with Crippen LogP contribution in [0.2, 0.25) is 0 Å². The highest BCUT2D eigenvalue weighted by Gasteiger charge is 2.17. The van der Waals surface area contributed by atoms with Gasteiger partial charge < -0.3 is 0 Å². The van der Waals surface area contributed by atoms with E-state index in [2.05, 4.69) is 212 Å². The fourth-order valence-electron chi connectivity index (χ4n) is 9.40. The van der Waals surface area contributed by atoms with Crippen LogP contribution in [-0.4, -0.2) is 9.97 Å². The standard InChI is InChI=1S/C60H38N2/c1-2-15-43(16-3-1)60-61-57(38-58(62-60)54-23-11-10-22-53(54)52-24-12-18-40-13-4-7-19-49(40)52)42-27-25-39(26-28-42)44-29-30-46-36-48(32-31-45(46)35-44)59-51-21-9-6-17-47(51)37-56-50-20-8-5-14-41(50)33-34-55(56)59/h1-38H. The highest BCUT2D eigenvalue weighted by atomic mass is 14.9. The van der Waals surface area contributed by atoms with Gasteiger partial charge in [-0.3, -0.25) is 0 Å². The maximum atomic E-state index is 5.22. The molecule has 0 bridgehead atoms. The minimum absolute atomic E-state index is 0.702. The van der Waals surface area contributed by atoms with Crippen LogP contribution in [0.3, 0.4) is 0 Å². The van der Waals surface area contributed by atoms with Crippen molar-refractivity contribution in [3.8, 4) is 67.3 Å². The Labute approximate surface area is 360 Å². The second-order valence-corrected chi connectivity index (χ2v) is 16.1. The SMILES string of the molecule is c1ccc(-c2nc(-c3ccc(-c4ccc5cc(-c6c7ccccc7cc7c6ccc6ccccc67)ccc5c4)cc3)cc(-c3ccccc3-c3cccc4ccccc34)n2)cc1. The number of hydrogen-bond acceptors (Lipinski definition) is 2. The largest absolute Gasteiger partial charge is 0.228 e. The second kappa shape index (κ2) is 14.8. The predicted octanol–water partition coefficient (Wildman–Crippen LogP) is 16.2. The summed E-state index contributed by atoms with van der Waals surface area (Å²) in [5.41, 5.74) is 12.0. The molecule has 2 nitrogen and oxygen atoms in total. The molecule has 0 spiro atoms. The Hall–Kier alpha value is -8.20. The average molecular weight is 787 g/mol. The van der Waals surface area contributed by atoms with Crippen LogP contribution in [0.1, 0.15) is 0 Å². The van der Waals surface area contributed by atoms with Gasteiger partial charge >= 0.3 is 0 Å². The van der Waals surface area contributed by atoms with Gasteiger partial charge in [-0.25, -0.2) is 9.97 Å². The molecule has 12 aromatic rings. The molecule has 11 aromatic carbocycles. The van der Waals surface area contributed by atoms with E-state index in [4.69, 9.17) is 9.97 Å². The van der Waals surface area contributed by atoms with Crippen molar-refractivity contribution in [2.45, 2.75) is 0 Å². The number of aromatic nitrogens is 2. The molecule has 0 amide bonds. The molecule has 0 unspecified atom stereocenters. The number of fused-ring (bicyclic) bond motifs is 6. The van der Waals surface area contributed by atoms with Crippen molar-refractivity contribution in [3.63, 3.8) is 0 Å². The summed E-state index contributed by atoms with van der Waals surface area (Å²) in [4.78, 5) is 10.4. The van der Waals surface area contributed by atoms with Crippen molar-refractivity contribution in [2.75, 3.05) is 0 Å². The van der Waals surface area contributed by atoms with E-state index < -0.39 is 0 Å². The van der Waals surface area contributed by atoms with Crippen molar-refractivity contribution >= 4 is 53.9 Å². The molecule has 0 aliphatic carbocycles. The maximum absolute atomic E-state index is 5.22. The first-order chi connectivity index (χ1) is 30.7. The minimum atomic E-state index is 0.702. The smallest absolute Gasteiger partial charge is 0.160 e. The molecule has 0 aliphatic rings. The third-order valence-corrected chi connectivity index (χ3v) is 12.5. The van der Waals surface area contributed by atoms with E-state index in [0.717, 1.165) is 39.2 Å². The molecule has 0 radical (unpaired) electrons. The van der Waals surface area contributed by atoms with Crippen molar-refractivity contribution in [2.24, 2.45) is 0 Å². The van der Waals surface area contributed by atoms with Gasteiger partial charge in [-0.1, -0.05) is 206 Å². The molecule has 0 atom stereocenters.